The second kappa shape index (κ2) is 45.3. The van der Waals surface area contributed by atoms with E-state index in [2.05, 4.69) is 55.2 Å². The predicted molar refractivity (Wildman–Crippen MR) is 438 cm³/mol. The minimum absolute atomic E-state index is 0.00185. The fourth-order valence-corrected chi connectivity index (χ4v) is 12.4. The van der Waals surface area contributed by atoms with Crippen LogP contribution in [-0.2, 0) is 44.3 Å². The molecule has 0 bridgehead atoms. The van der Waals surface area contributed by atoms with Crippen molar-refractivity contribution in [3.8, 4) is 11.5 Å². The Labute approximate surface area is 700 Å². The number of hydrogen-bond donors (Lipinski definition) is 0. The molecule has 0 saturated carbocycles. The van der Waals surface area contributed by atoms with Gasteiger partial charge in [-0.05, 0) is 169 Å². The van der Waals surface area contributed by atoms with Gasteiger partial charge >= 0.3 is 23.7 Å². The van der Waals surface area contributed by atoms with Gasteiger partial charge in [-0.1, -0.05) is 116 Å². The van der Waals surface area contributed by atoms with Crippen LogP contribution in [0, 0.1) is 64.0 Å². The molecule has 12 aromatic rings. The first kappa shape index (κ1) is 90.4. The number of fused-ring (bicyclic) bond motifs is 8. The zero-order valence-electron chi connectivity index (χ0n) is 65.8. The monoisotopic (exact) mass is 1710 g/mol. The summed E-state index contributed by atoms with van der Waals surface area (Å²) in [6, 6.07) is 47.1. The molecule has 0 amide bonds. The molecular weight excluding hydrogens is 1640 g/mol. The van der Waals surface area contributed by atoms with Gasteiger partial charge in [0.1, 0.15) is 78.9 Å². The molecule has 9 heterocycles. The summed E-state index contributed by atoms with van der Waals surface area (Å²) in [5.74, 6) is -25.3. The fraction of sp³-hybridized carbons (Fsp3) is 0.189. The van der Waals surface area contributed by atoms with Gasteiger partial charge in [-0.2, -0.15) is 0 Å². The number of esters is 3. The van der Waals surface area contributed by atoms with Crippen molar-refractivity contribution in [1.29, 1.82) is 0 Å². The quantitative estimate of drug-likeness (QED) is 0.0328. The lowest BCUT2D eigenvalue weighted by molar-refractivity contribution is 0.0152. The Morgan fingerprint density at radius 3 is 1.44 bits per heavy atom. The van der Waals surface area contributed by atoms with E-state index in [0.29, 0.717) is 48.8 Å². The van der Waals surface area contributed by atoms with E-state index in [1.54, 1.807) is 49.5 Å². The van der Waals surface area contributed by atoms with Crippen LogP contribution in [0.25, 0.3) is 59.6 Å². The number of halogens is 11. The third kappa shape index (κ3) is 24.5. The number of carbonyl (C=O) groups excluding carboxylic acids is 3. The van der Waals surface area contributed by atoms with Crippen LogP contribution in [0.3, 0.4) is 0 Å². The van der Waals surface area contributed by atoms with E-state index in [0.717, 1.165) is 88.5 Å². The van der Waals surface area contributed by atoms with E-state index in [4.69, 9.17) is 42.3 Å². The lowest BCUT2D eigenvalue weighted by atomic mass is 9.99. The Bertz CT molecular complexity index is 6040. The van der Waals surface area contributed by atoms with E-state index < -0.39 is 122 Å². The molecule has 0 fully saturated rings. The van der Waals surface area contributed by atoms with Crippen molar-refractivity contribution in [2.24, 2.45) is 0 Å². The molecule has 0 aliphatic carbocycles. The number of para-hydroxylation sites is 1. The topological polar surface area (TPSA) is 217 Å². The minimum Gasteiger partial charge on any atom is -0.502 e. The van der Waals surface area contributed by atoms with Gasteiger partial charge < -0.3 is 60.6 Å². The van der Waals surface area contributed by atoms with Gasteiger partial charge in [-0.3, -0.25) is 4.79 Å². The number of allylic oxidation sites excluding steroid dienone is 7. The molecular formula is C95H77F11O18. The van der Waals surface area contributed by atoms with E-state index in [-0.39, 0.29) is 30.2 Å². The number of rotatable bonds is 9. The summed E-state index contributed by atoms with van der Waals surface area (Å²) in [7, 11) is 0. The van der Waals surface area contributed by atoms with E-state index in [9.17, 15) is 72.3 Å². The molecule has 0 radical (unpaired) electrons. The molecule has 10 aromatic carbocycles. The Morgan fingerprint density at radius 2 is 0.911 bits per heavy atom. The van der Waals surface area contributed by atoms with Crippen molar-refractivity contribution in [1.82, 2.24) is 0 Å². The molecule has 642 valence electrons. The summed E-state index contributed by atoms with van der Waals surface area (Å²) in [6.45, 7) is 5.37. The Hall–Kier alpha value is -14.4. The van der Waals surface area contributed by atoms with Crippen LogP contribution < -0.4 is 20.7 Å². The van der Waals surface area contributed by atoms with Crippen LogP contribution >= 0.6 is 0 Å². The summed E-state index contributed by atoms with van der Waals surface area (Å²) in [5, 5.41) is 3.73. The van der Waals surface area contributed by atoms with E-state index >= 15 is 0 Å². The maximum absolute atomic E-state index is 14.4. The van der Waals surface area contributed by atoms with E-state index in [1.165, 1.54) is 61.2 Å². The number of benzene rings is 10. The SMILES string of the molecule is C1=COCC1.C1=COCCC1.C1=COc2ccccc2C1.C=C1C=COc2c1ccc1ccccc21.O=C(OCC1CCC=CO1)c1c(F)c(F)c2c(F)c(F)c(F)c(F)c2c1F.O=C(OCC1CCC=CO1)c1c(F)c(F)cc(F)c1F.O=C(OCC1CCC=CO1)c1ccc2ccccc2c1.O=c1ccoc2cc3ccccc3cc12.O=c1occo1. The maximum atomic E-state index is 14.4. The van der Waals surface area contributed by atoms with Crippen molar-refractivity contribution < 1.29 is 123 Å². The second-order valence-electron chi connectivity index (χ2n) is 27.2. The van der Waals surface area contributed by atoms with Crippen LogP contribution in [0.1, 0.15) is 100.0 Å². The maximum Gasteiger partial charge on any atom is 0.518 e. The van der Waals surface area contributed by atoms with Crippen molar-refractivity contribution in [3.05, 3.63) is 376 Å². The third-order valence-electron chi connectivity index (χ3n) is 18.7. The highest BCUT2D eigenvalue weighted by Gasteiger charge is 2.34. The number of ether oxygens (including phenoxy) is 10. The lowest BCUT2D eigenvalue weighted by Gasteiger charge is -2.19. The third-order valence-corrected chi connectivity index (χ3v) is 18.7. The average Bonchev–Trinajstić information content (AvgIpc) is 0.791. The summed E-state index contributed by atoms with van der Waals surface area (Å²) in [4.78, 5) is 56.8. The molecule has 18 nitrogen and oxygen atoms in total. The van der Waals surface area contributed by atoms with Gasteiger partial charge in [0.25, 0.3) is 0 Å². The summed E-state index contributed by atoms with van der Waals surface area (Å²) >= 11 is 0. The summed E-state index contributed by atoms with van der Waals surface area (Å²) < 4.78 is 213. The van der Waals surface area contributed by atoms with Crippen LogP contribution in [0.2, 0.25) is 0 Å². The zero-order chi connectivity index (χ0) is 87.9. The molecule has 29 heteroatoms. The standard InChI is InChI=1S/C17H9F7O3.C17H16O3.C14H10O.C13H10F4O3.C13H8O2.C9H8O.C5H8O.C4H6O.C3H2O3/c18-10-7-8(13(21)16(24)15(23)12(7)20)11(19)14(22)9(10)17(25)27-5-6-3-1-2-4-26-6;18-17(20-12-16-7-3-4-10-19-16)15-9-8-13-5-1-2-6-14(13)11-15;1-10-8-9-15-14-12(10)7-6-11-4-2-3-5-13(11)14;14-8-5-9(15)12(17)10(11(8)16)13(18)20-6-7-3-1-2-4-19-7;14-12-5-6-15-13-8-10-4-2-1-3-9(10)7-11(12)13;1-2-6-9-8(4-1)5-3-7-10-9;1-2-4-6-5-3-1;1-2-4-5-3-1;4-3-5-1-2-6-3/h2,4,6H,1,3,5H2;1-2,4-6,8-11,16H,3,7,12H2;2-9H,1H2;2,4-5,7H,1,3,6H2;1-8H;1-4,6-7H,5H2;2,4H,1,3,5H2;1,3H,2,4H2;1-2H. The summed E-state index contributed by atoms with van der Waals surface area (Å²) in [6.07, 6.45) is 36.1. The largest absolute Gasteiger partial charge is 0.518 e. The first-order chi connectivity index (χ1) is 60.1. The molecule has 124 heavy (non-hydrogen) atoms. The zero-order valence-corrected chi connectivity index (χ0v) is 65.8. The number of hydrogen-bond acceptors (Lipinski definition) is 18. The van der Waals surface area contributed by atoms with Crippen LogP contribution in [0.15, 0.2) is 286 Å². The van der Waals surface area contributed by atoms with Gasteiger partial charge in [0.15, 0.2) is 69.4 Å². The smallest absolute Gasteiger partial charge is 0.502 e. The molecule has 7 aliphatic heterocycles. The van der Waals surface area contributed by atoms with Crippen molar-refractivity contribution in [2.75, 3.05) is 33.0 Å². The van der Waals surface area contributed by atoms with E-state index in [1.807, 2.05) is 134 Å². The Morgan fingerprint density at radius 1 is 0.403 bits per heavy atom. The molecule has 0 N–H and O–H groups in total. The van der Waals surface area contributed by atoms with Crippen LogP contribution in [0.4, 0.5) is 48.3 Å². The van der Waals surface area contributed by atoms with Gasteiger partial charge in [0.2, 0.25) is 0 Å². The normalized spacial score (nSPS) is 15.6. The van der Waals surface area contributed by atoms with Crippen molar-refractivity contribution >= 4 is 77.5 Å². The summed E-state index contributed by atoms with van der Waals surface area (Å²) in [5.41, 5.74) is 1.49. The lowest BCUT2D eigenvalue weighted by Crippen LogP contribution is -2.23. The molecule has 0 spiro atoms. The van der Waals surface area contributed by atoms with Gasteiger partial charge in [-0.15, -0.1) is 0 Å². The van der Waals surface area contributed by atoms with Gasteiger partial charge in [-0.25, -0.2) is 67.5 Å². The molecule has 3 unspecified atom stereocenters. The van der Waals surface area contributed by atoms with Crippen LogP contribution in [0.5, 0.6) is 11.5 Å². The first-order valence-electron chi connectivity index (χ1n) is 38.6. The fourth-order valence-electron chi connectivity index (χ4n) is 12.4. The van der Waals surface area contributed by atoms with Gasteiger partial charge in [0.05, 0.1) is 85.0 Å². The first-order valence-corrected chi connectivity index (χ1v) is 38.6. The molecule has 2 aromatic heterocycles. The van der Waals surface area contributed by atoms with Gasteiger partial charge in [0, 0.05) is 29.5 Å². The Balaban J connectivity index is 0.000000141. The molecule has 3 atom stereocenters. The second-order valence-corrected chi connectivity index (χ2v) is 27.2. The molecule has 0 saturated heterocycles. The number of carbonyl (C=O) groups is 3. The van der Waals surface area contributed by atoms with Crippen molar-refractivity contribution in [3.63, 3.8) is 0 Å². The van der Waals surface area contributed by atoms with Crippen molar-refractivity contribution in [2.45, 2.75) is 82.5 Å². The molecule has 7 aliphatic rings. The minimum atomic E-state index is -2.45. The average molecular weight is 1720 g/mol. The highest BCUT2D eigenvalue weighted by Crippen LogP contribution is 2.38. The highest BCUT2D eigenvalue weighted by atomic mass is 19.2. The van der Waals surface area contributed by atoms with Crippen LogP contribution in [-0.4, -0.2) is 69.3 Å². The highest BCUT2D eigenvalue weighted by molar-refractivity contribution is 5.99. The Kier molecular flexibility index (Phi) is 33.0. The molecule has 19 rings (SSSR count). The predicted octanol–water partition coefficient (Wildman–Crippen LogP) is 22.7.